The highest BCUT2D eigenvalue weighted by molar-refractivity contribution is 7.98. The maximum Gasteiger partial charge on any atom is 0.119 e. The van der Waals surface area contributed by atoms with Crippen LogP contribution in [0.4, 0.5) is 5.69 Å². The highest BCUT2D eigenvalue weighted by Crippen LogP contribution is 2.35. The first-order valence-electron chi connectivity index (χ1n) is 10.7. The van der Waals surface area contributed by atoms with Crippen LogP contribution in [0.25, 0.3) is 22.5 Å². The first-order chi connectivity index (χ1) is 15.6. The van der Waals surface area contributed by atoms with Crippen molar-refractivity contribution in [1.29, 1.82) is 0 Å². The van der Waals surface area contributed by atoms with E-state index in [1.54, 1.807) is 18.9 Å². The number of nitrogens with zero attached hydrogens (tertiary/aromatic N) is 1. The lowest BCUT2D eigenvalue weighted by Gasteiger charge is -2.18. The molecule has 4 rings (SSSR count). The molecule has 1 heterocycles. The number of hydrogen-bond acceptors (Lipinski definition) is 4. The van der Waals surface area contributed by atoms with Crippen LogP contribution in [0.5, 0.6) is 5.75 Å². The van der Waals surface area contributed by atoms with Crippen molar-refractivity contribution in [3.63, 3.8) is 0 Å². The van der Waals surface area contributed by atoms with Crippen LogP contribution < -0.4 is 10.1 Å². The van der Waals surface area contributed by atoms with E-state index in [0.29, 0.717) is 0 Å². The number of anilines is 1. The average Bonchev–Trinajstić information content (AvgIpc) is 2.84. The van der Waals surface area contributed by atoms with E-state index in [-0.39, 0.29) is 0 Å². The molecule has 0 spiro atoms. The lowest BCUT2D eigenvalue weighted by molar-refractivity contribution is 0.414. The van der Waals surface area contributed by atoms with Crippen LogP contribution in [-0.2, 0) is 0 Å². The molecule has 3 aromatic rings. The summed E-state index contributed by atoms with van der Waals surface area (Å²) in [5.41, 5.74) is 8.59. The largest absolute Gasteiger partial charge is 0.497 e. The Morgan fingerprint density at radius 3 is 2.62 bits per heavy atom. The van der Waals surface area contributed by atoms with Crippen molar-refractivity contribution in [2.75, 3.05) is 18.7 Å². The van der Waals surface area contributed by atoms with Gasteiger partial charge in [-0.2, -0.15) is 0 Å². The molecule has 0 radical (unpaired) electrons. The number of aliphatic imine (C=N–C) groups is 1. The Morgan fingerprint density at radius 2 is 1.91 bits per heavy atom. The van der Waals surface area contributed by atoms with Crippen molar-refractivity contribution in [2.45, 2.75) is 24.7 Å². The minimum Gasteiger partial charge on any atom is -0.497 e. The first kappa shape index (κ1) is 22.0. The van der Waals surface area contributed by atoms with Gasteiger partial charge in [0.1, 0.15) is 5.75 Å². The molecule has 0 fully saturated rings. The van der Waals surface area contributed by atoms with Crippen LogP contribution >= 0.6 is 11.8 Å². The summed E-state index contributed by atoms with van der Waals surface area (Å²) in [5.74, 6) is 0.863. The molecule has 3 aromatic carbocycles. The first-order valence-corrected chi connectivity index (χ1v) is 11.9. The fourth-order valence-corrected chi connectivity index (χ4v) is 4.34. The van der Waals surface area contributed by atoms with E-state index >= 15 is 0 Å². The molecule has 4 heteroatoms. The Morgan fingerprint density at radius 1 is 1.03 bits per heavy atom. The molecule has 0 unspecified atom stereocenters. The smallest absolute Gasteiger partial charge is 0.119 e. The third-order valence-electron chi connectivity index (χ3n) is 5.59. The standard InChI is InChI=1S/C28H28N2OS/c1-19-16-23(31-3)11-13-25(19)27-18-24(32-4)12-14-26(27)20(2)30-22-9-7-8-21(17-22)28-10-5-6-15-29-28/h7-18,30H,2,5-6H2,1,3-4H3. The van der Waals surface area contributed by atoms with E-state index in [1.807, 2.05) is 12.3 Å². The summed E-state index contributed by atoms with van der Waals surface area (Å²) in [4.78, 5) is 5.77. The van der Waals surface area contributed by atoms with Crippen molar-refractivity contribution >= 4 is 35.1 Å². The molecule has 32 heavy (non-hydrogen) atoms. The Labute approximate surface area is 194 Å². The van der Waals surface area contributed by atoms with Gasteiger partial charge in [0.05, 0.1) is 12.8 Å². The van der Waals surface area contributed by atoms with Gasteiger partial charge in [0.15, 0.2) is 0 Å². The number of allylic oxidation sites excluding steroid dienone is 1. The molecular weight excluding hydrogens is 412 g/mol. The molecule has 0 atom stereocenters. The maximum absolute atomic E-state index is 5.40. The predicted octanol–water partition coefficient (Wildman–Crippen LogP) is 7.68. The predicted molar refractivity (Wildman–Crippen MR) is 140 cm³/mol. The summed E-state index contributed by atoms with van der Waals surface area (Å²) in [6.45, 7) is 6.50. The number of ether oxygens (including phenoxy) is 1. The third kappa shape index (κ3) is 4.81. The van der Waals surface area contributed by atoms with Crippen LogP contribution in [0.15, 0.2) is 83.2 Å². The van der Waals surface area contributed by atoms with E-state index in [1.165, 1.54) is 16.0 Å². The van der Waals surface area contributed by atoms with Gasteiger partial charge in [0, 0.05) is 33.6 Å². The molecule has 3 nitrogen and oxygen atoms in total. The number of aryl methyl sites for hydroxylation is 1. The van der Waals surface area contributed by atoms with Crippen molar-refractivity contribution in [2.24, 2.45) is 4.99 Å². The Kier molecular flexibility index (Phi) is 6.81. The number of nitrogens with one attached hydrogen (secondary N) is 1. The van der Waals surface area contributed by atoms with Gasteiger partial charge in [-0.25, -0.2) is 0 Å². The van der Waals surface area contributed by atoms with Crippen LogP contribution in [0.3, 0.4) is 0 Å². The molecule has 0 bridgehead atoms. The molecule has 0 aromatic heterocycles. The van der Waals surface area contributed by atoms with Gasteiger partial charge in [-0.3, -0.25) is 4.99 Å². The maximum atomic E-state index is 5.40. The highest BCUT2D eigenvalue weighted by Gasteiger charge is 2.13. The molecule has 1 aliphatic rings. The van der Waals surface area contributed by atoms with E-state index in [0.717, 1.165) is 52.4 Å². The number of hydrogen-bond donors (Lipinski definition) is 1. The molecule has 0 saturated carbocycles. The number of benzene rings is 3. The van der Waals surface area contributed by atoms with Crippen LogP contribution in [0.1, 0.15) is 29.5 Å². The Hall–Kier alpha value is -3.24. The number of methoxy groups -OCH3 is 1. The summed E-state index contributed by atoms with van der Waals surface area (Å²) < 4.78 is 5.40. The lowest BCUT2D eigenvalue weighted by atomic mass is 9.94. The molecule has 162 valence electrons. The van der Waals surface area contributed by atoms with Crippen molar-refractivity contribution in [3.8, 4) is 16.9 Å². The highest BCUT2D eigenvalue weighted by atomic mass is 32.2. The van der Waals surface area contributed by atoms with Gasteiger partial charge >= 0.3 is 0 Å². The molecule has 0 aliphatic carbocycles. The van der Waals surface area contributed by atoms with Gasteiger partial charge in [-0.05, 0) is 79.1 Å². The zero-order valence-corrected chi connectivity index (χ0v) is 19.6. The zero-order valence-electron chi connectivity index (χ0n) is 18.8. The third-order valence-corrected chi connectivity index (χ3v) is 6.32. The van der Waals surface area contributed by atoms with Gasteiger partial charge < -0.3 is 10.1 Å². The number of rotatable bonds is 7. The van der Waals surface area contributed by atoms with Gasteiger partial charge in [0.25, 0.3) is 0 Å². The van der Waals surface area contributed by atoms with E-state index in [2.05, 4.69) is 90.7 Å². The minimum absolute atomic E-state index is 0.862. The second-order valence-corrected chi connectivity index (χ2v) is 8.63. The van der Waals surface area contributed by atoms with Crippen LogP contribution in [-0.4, -0.2) is 19.6 Å². The molecule has 1 N–H and O–H groups in total. The average molecular weight is 441 g/mol. The Balaban J connectivity index is 1.67. The fraction of sp³-hybridized carbons (Fsp3) is 0.179. The van der Waals surface area contributed by atoms with Gasteiger partial charge in [0.2, 0.25) is 0 Å². The number of thioether (sulfide) groups is 1. The Bertz CT molecular complexity index is 1210. The molecule has 0 amide bonds. The van der Waals surface area contributed by atoms with Crippen molar-refractivity contribution < 1.29 is 4.74 Å². The van der Waals surface area contributed by atoms with E-state index in [4.69, 9.17) is 4.74 Å². The van der Waals surface area contributed by atoms with Crippen molar-refractivity contribution in [3.05, 3.63) is 90.0 Å². The van der Waals surface area contributed by atoms with Crippen LogP contribution in [0.2, 0.25) is 0 Å². The second-order valence-electron chi connectivity index (χ2n) is 7.76. The molecular formula is C28H28N2OS. The normalized spacial score (nSPS) is 12.9. The molecule has 1 aliphatic heterocycles. The monoisotopic (exact) mass is 440 g/mol. The van der Waals surface area contributed by atoms with Gasteiger partial charge in [-0.15, -0.1) is 11.8 Å². The minimum atomic E-state index is 0.862. The SMILES string of the molecule is C=C(Nc1cccc(C2=CCCC=N2)c1)c1ccc(SC)cc1-c1ccc(OC)cc1C. The van der Waals surface area contributed by atoms with Gasteiger partial charge in [-0.1, -0.05) is 36.9 Å². The van der Waals surface area contributed by atoms with Crippen molar-refractivity contribution in [1.82, 2.24) is 0 Å². The summed E-state index contributed by atoms with van der Waals surface area (Å²) in [6.07, 6.45) is 8.33. The summed E-state index contributed by atoms with van der Waals surface area (Å²) in [6, 6.07) is 21.1. The summed E-state index contributed by atoms with van der Waals surface area (Å²) >= 11 is 1.74. The zero-order chi connectivity index (χ0) is 22.5. The summed E-state index contributed by atoms with van der Waals surface area (Å²) in [5, 5.41) is 3.52. The quantitative estimate of drug-likeness (QED) is 0.383. The van der Waals surface area contributed by atoms with E-state index < -0.39 is 0 Å². The van der Waals surface area contributed by atoms with Crippen LogP contribution in [0, 0.1) is 6.92 Å². The lowest BCUT2D eigenvalue weighted by Crippen LogP contribution is -2.01. The molecule has 0 saturated heterocycles. The topological polar surface area (TPSA) is 33.6 Å². The summed E-state index contributed by atoms with van der Waals surface area (Å²) in [7, 11) is 1.70. The van der Waals surface area contributed by atoms with E-state index in [9.17, 15) is 0 Å². The fourth-order valence-electron chi connectivity index (χ4n) is 3.90. The second kappa shape index (κ2) is 9.92.